The molecule has 0 radical (unpaired) electrons. The summed E-state index contributed by atoms with van der Waals surface area (Å²) in [5.41, 5.74) is 0.352. The van der Waals surface area contributed by atoms with Crippen LogP contribution in [-0.4, -0.2) is 18.9 Å². The van der Waals surface area contributed by atoms with Crippen molar-refractivity contribution in [3.05, 3.63) is 55.7 Å². The third-order valence-corrected chi connectivity index (χ3v) is 4.25. The molecule has 104 valence electrons. The first kappa shape index (κ1) is 15.0. The lowest BCUT2D eigenvalue weighted by Gasteiger charge is -2.02. The highest BCUT2D eigenvalue weighted by molar-refractivity contribution is 7.14. The maximum atomic E-state index is 12.3. The minimum atomic E-state index is -0.341. The van der Waals surface area contributed by atoms with Gasteiger partial charge in [-0.25, -0.2) is 0 Å². The number of ether oxygens (including phenoxy) is 1. The van der Waals surface area contributed by atoms with E-state index in [0.29, 0.717) is 20.5 Å². The van der Waals surface area contributed by atoms with Crippen molar-refractivity contribution in [3.63, 3.8) is 0 Å². The fraction of sp³-hybridized carbons (Fsp3) is 0.143. The summed E-state index contributed by atoms with van der Waals surface area (Å²) in [6.45, 7) is 0. The molecule has 2 rings (SSSR count). The van der Waals surface area contributed by atoms with Gasteiger partial charge in [-0.3, -0.25) is 9.59 Å². The van der Waals surface area contributed by atoms with Crippen LogP contribution in [0.1, 0.15) is 20.1 Å². The van der Waals surface area contributed by atoms with Crippen molar-refractivity contribution in [2.45, 2.75) is 6.42 Å². The van der Waals surface area contributed by atoms with E-state index in [1.54, 1.807) is 24.3 Å². The van der Waals surface area contributed by atoms with Crippen LogP contribution in [0.25, 0.3) is 0 Å². The molecule has 2 aromatic rings. The number of thiophene rings is 1. The zero-order chi connectivity index (χ0) is 14.7. The van der Waals surface area contributed by atoms with Crippen LogP contribution in [0.4, 0.5) is 0 Å². The summed E-state index contributed by atoms with van der Waals surface area (Å²) in [6.07, 6.45) is 0.151. The smallest absolute Gasteiger partial charge is 0.310 e. The van der Waals surface area contributed by atoms with Crippen LogP contribution in [0.5, 0.6) is 0 Å². The van der Waals surface area contributed by atoms with Crippen molar-refractivity contribution in [1.29, 1.82) is 0 Å². The van der Waals surface area contributed by atoms with E-state index in [1.807, 2.05) is 0 Å². The molecule has 6 heteroatoms. The van der Waals surface area contributed by atoms with E-state index in [0.717, 1.165) is 4.88 Å². The summed E-state index contributed by atoms with van der Waals surface area (Å²) < 4.78 is 4.59. The first-order chi connectivity index (χ1) is 9.51. The van der Waals surface area contributed by atoms with Gasteiger partial charge in [-0.1, -0.05) is 23.2 Å². The van der Waals surface area contributed by atoms with Crippen LogP contribution in [0.2, 0.25) is 10.0 Å². The Balaban J connectivity index is 2.25. The summed E-state index contributed by atoms with van der Waals surface area (Å²) in [5, 5.41) is 0.798. The molecule has 0 fully saturated rings. The highest BCUT2D eigenvalue weighted by Gasteiger charge is 2.16. The molecule has 0 N–H and O–H groups in total. The highest BCUT2D eigenvalue weighted by atomic mass is 35.5. The molecule has 0 saturated heterocycles. The van der Waals surface area contributed by atoms with Gasteiger partial charge in [0.15, 0.2) is 0 Å². The third kappa shape index (κ3) is 3.39. The first-order valence-electron chi connectivity index (χ1n) is 5.66. The topological polar surface area (TPSA) is 43.4 Å². The first-order valence-corrected chi connectivity index (χ1v) is 7.24. The predicted molar refractivity (Wildman–Crippen MR) is 79.9 cm³/mol. The second kappa shape index (κ2) is 6.39. The lowest BCUT2D eigenvalue weighted by atomic mass is 10.1. The van der Waals surface area contributed by atoms with Gasteiger partial charge in [0.1, 0.15) is 0 Å². The number of hydrogen-bond donors (Lipinski definition) is 0. The van der Waals surface area contributed by atoms with E-state index >= 15 is 0 Å². The van der Waals surface area contributed by atoms with Crippen LogP contribution in [0, 0.1) is 0 Å². The number of ketones is 1. The molecule has 1 aromatic heterocycles. The Labute approximate surface area is 130 Å². The van der Waals surface area contributed by atoms with E-state index in [4.69, 9.17) is 23.2 Å². The minimum absolute atomic E-state index is 0.151. The van der Waals surface area contributed by atoms with E-state index in [1.165, 1.54) is 24.5 Å². The van der Waals surface area contributed by atoms with Gasteiger partial charge in [0.25, 0.3) is 0 Å². The predicted octanol–water partition coefficient (Wildman–Crippen LogP) is 4.00. The molecule has 0 bridgehead atoms. The molecule has 0 saturated carbocycles. The van der Waals surface area contributed by atoms with Crippen LogP contribution in [-0.2, 0) is 16.0 Å². The van der Waals surface area contributed by atoms with E-state index in [-0.39, 0.29) is 18.2 Å². The van der Waals surface area contributed by atoms with Gasteiger partial charge in [-0.15, -0.1) is 11.3 Å². The Morgan fingerprint density at radius 2 is 1.95 bits per heavy atom. The van der Waals surface area contributed by atoms with Gasteiger partial charge < -0.3 is 4.74 Å². The van der Waals surface area contributed by atoms with Gasteiger partial charge in [-0.05, 0) is 30.3 Å². The van der Waals surface area contributed by atoms with Crippen LogP contribution in [0.3, 0.4) is 0 Å². The van der Waals surface area contributed by atoms with Crippen LogP contribution < -0.4 is 0 Å². The zero-order valence-electron chi connectivity index (χ0n) is 10.5. The average molecular weight is 329 g/mol. The highest BCUT2D eigenvalue weighted by Crippen LogP contribution is 2.26. The SMILES string of the molecule is COC(=O)Cc1ccc(C(=O)c2cc(Cl)ccc2Cl)s1. The molecule has 0 aliphatic heterocycles. The van der Waals surface area contributed by atoms with Crippen molar-refractivity contribution in [2.24, 2.45) is 0 Å². The number of hydrogen-bond acceptors (Lipinski definition) is 4. The fourth-order valence-electron chi connectivity index (χ4n) is 1.61. The van der Waals surface area contributed by atoms with Crippen molar-refractivity contribution in [2.75, 3.05) is 7.11 Å². The fourth-order valence-corrected chi connectivity index (χ4v) is 2.94. The minimum Gasteiger partial charge on any atom is -0.469 e. The van der Waals surface area contributed by atoms with Crippen molar-refractivity contribution in [3.8, 4) is 0 Å². The Morgan fingerprint density at radius 3 is 2.65 bits per heavy atom. The third-order valence-electron chi connectivity index (χ3n) is 2.60. The molecule has 0 spiro atoms. The second-order valence-corrected chi connectivity index (χ2v) is 5.98. The lowest BCUT2D eigenvalue weighted by Crippen LogP contribution is -2.02. The summed E-state index contributed by atoms with van der Waals surface area (Å²) >= 11 is 13.1. The van der Waals surface area contributed by atoms with Gasteiger partial charge in [-0.2, -0.15) is 0 Å². The van der Waals surface area contributed by atoms with Crippen molar-refractivity contribution >= 4 is 46.3 Å². The Kier molecular flexibility index (Phi) is 4.81. The summed E-state index contributed by atoms with van der Waals surface area (Å²) in [7, 11) is 1.33. The lowest BCUT2D eigenvalue weighted by molar-refractivity contribution is -0.139. The molecule has 1 aromatic carbocycles. The van der Waals surface area contributed by atoms with E-state index in [9.17, 15) is 9.59 Å². The Bertz CT molecular complexity index is 664. The molecule has 0 atom stereocenters. The largest absolute Gasteiger partial charge is 0.469 e. The molecule has 0 aliphatic rings. The number of rotatable bonds is 4. The normalized spacial score (nSPS) is 10.3. The summed E-state index contributed by atoms with van der Waals surface area (Å²) in [6, 6.07) is 8.14. The maximum Gasteiger partial charge on any atom is 0.310 e. The molecule has 0 amide bonds. The summed E-state index contributed by atoms with van der Waals surface area (Å²) in [4.78, 5) is 24.8. The molecule has 0 aliphatic carbocycles. The van der Waals surface area contributed by atoms with Gasteiger partial charge in [0.05, 0.1) is 23.4 Å². The van der Waals surface area contributed by atoms with Gasteiger partial charge in [0, 0.05) is 15.5 Å². The molecular weight excluding hydrogens is 319 g/mol. The van der Waals surface area contributed by atoms with Crippen LogP contribution >= 0.6 is 34.5 Å². The quantitative estimate of drug-likeness (QED) is 0.629. The van der Waals surface area contributed by atoms with Crippen molar-refractivity contribution in [1.82, 2.24) is 0 Å². The number of halogens is 2. The molecular formula is C14H10Cl2O3S. The Morgan fingerprint density at radius 1 is 1.20 bits per heavy atom. The average Bonchev–Trinajstić information content (AvgIpc) is 2.89. The van der Waals surface area contributed by atoms with Crippen molar-refractivity contribution < 1.29 is 14.3 Å². The van der Waals surface area contributed by atoms with Crippen LogP contribution in [0.15, 0.2) is 30.3 Å². The molecule has 0 unspecified atom stereocenters. The van der Waals surface area contributed by atoms with Gasteiger partial charge in [0.2, 0.25) is 5.78 Å². The van der Waals surface area contributed by atoms with E-state index < -0.39 is 0 Å². The number of esters is 1. The molecule has 20 heavy (non-hydrogen) atoms. The number of methoxy groups -OCH3 is 1. The van der Waals surface area contributed by atoms with Gasteiger partial charge >= 0.3 is 5.97 Å². The second-order valence-electron chi connectivity index (χ2n) is 3.97. The monoisotopic (exact) mass is 328 g/mol. The molecule has 3 nitrogen and oxygen atoms in total. The maximum absolute atomic E-state index is 12.3. The zero-order valence-corrected chi connectivity index (χ0v) is 12.8. The Hall–Kier alpha value is -1.36. The number of carbonyl (C=O) groups excluding carboxylic acids is 2. The number of benzene rings is 1. The summed E-state index contributed by atoms with van der Waals surface area (Å²) in [5.74, 6) is -0.551. The number of carbonyl (C=O) groups is 2. The van der Waals surface area contributed by atoms with E-state index in [2.05, 4.69) is 4.74 Å². The standard InChI is InChI=1S/C14H10Cl2O3S/c1-19-13(17)7-9-3-5-12(20-9)14(18)10-6-8(15)2-4-11(10)16/h2-6H,7H2,1H3. The molecule has 1 heterocycles.